The molecule has 8 heteroatoms. The Hall–Kier alpha value is -2.35. The number of carbonyl (C=O) groups excluding carboxylic acids is 1. The zero-order valence-electron chi connectivity index (χ0n) is 18.6. The van der Waals surface area contributed by atoms with Crippen LogP contribution in [0.1, 0.15) is 38.2 Å². The molecule has 3 rings (SSSR count). The van der Waals surface area contributed by atoms with Crippen LogP contribution in [0.4, 0.5) is 0 Å². The van der Waals surface area contributed by atoms with Crippen LogP contribution in [0.2, 0.25) is 0 Å². The molecule has 1 aliphatic heterocycles. The molecular weight excluding hydrogens is 380 g/mol. The quantitative estimate of drug-likeness (QED) is 0.469. The molecule has 0 unspecified atom stereocenters. The summed E-state index contributed by atoms with van der Waals surface area (Å²) in [5.41, 5.74) is 1.09. The molecule has 166 valence electrons. The molecule has 1 aromatic rings. The maximum atomic E-state index is 11.9. The second-order valence-electron chi connectivity index (χ2n) is 8.43. The Balaban J connectivity index is 1.47. The van der Waals surface area contributed by atoms with E-state index in [4.69, 9.17) is 9.73 Å². The number of nitrogens with one attached hydrogen (secondary N) is 2. The predicted molar refractivity (Wildman–Crippen MR) is 119 cm³/mol. The Morgan fingerprint density at radius 1 is 1.30 bits per heavy atom. The summed E-state index contributed by atoms with van der Waals surface area (Å²) in [5, 5.41) is 6.90. The van der Waals surface area contributed by atoms with Crippen LogP contribution in [0.15, 0.2) is 23.3 Å². The van der Waals surface area contributed by atoms with Gasteiger partial charge in [0.1, 0.15) is 0 Å². The van der Waals surface area contributed by atoms with Gasteiger partial charge < -0.3 is 20.3 Å². The summed E-state index contributed by atoms with van der Waals surface area (Å²) in [7, 11) is 3.61. The fraction of sp³-hybridized carbons (Fsp3) is 0.682. The van der Waals surface area contributed by atoms with Crippen LogP contribution in [0, 0.1) is 5.92 Å². The third kappa shape index (κ3) is 7.48. The highest BCUT2D eigenvalue weighted by Crippen LogP contribution is 2.29. The highest BCUT2D eigenvalue weighted by Gasteiger charge is 2.23. The molecule has 0 spiro atoms. The van der Waals surface area contributed by atoms with Crippen LogP contribution in [-0.2, 0) is 11.3 Å². The molecule has 1 saturated heterocycles. The third-order valence-corrected chi connectivity index (χ3v) is 5.51. The second-order valence-corrected chi connectivity index (χ2v) is 8.43. The number of carbonyl (C=O) groups is 1. The van der Waals surface area contributed by atoms with E-state index in [1.807, 2.05) is 12.1 Å². The number of ether oxygens (including phenoxy) is 1. The van der Waals surface area contributed by atoms with Crippen molar-refractivity contribution in [3.8, 4) is 5.88 Å². The normalized spacial score (nSPS) is 18.2. The summed E-state index contributed by atoms with van der Waals surface area (Å²) in [5.74, 6) is 2.39. The van der Waals surface area contributed by atoms with E-state index in [9.17, 15) is 4.79 Å². The first-order chi connectivity index (χ1) is 14.5. The summed E-state index contributed by atoms with van der Waals surface area (Å²) in [6.45, 7) is 6.57. The summed E-state index contributed by atoms with van der Waals surface area (Å²) >= 11 is 0. The number of likely N-dealkylation sites (N-methyl/N-ethyl adjacent to an activating group) is 1. The summed E-state index contributed by atoms with van der Waals surface area (Å²) < 4.78 is 5.78. The molecule has 0 bridgehead atoms. The highest BCUT2D eigenvalue weighted by molar-refractivity contribution is 5.80. The molecule has 1 saturated carbocycles. The largest absolute Gasteiger partial charge is 0.477 e. The monoisotopic (exact) mass is 416 g/mol. The van der Waals surface area contributed by atoms with E-state index in [0.717, 1.165) is 50.6 Å². The van der Waals surface area contributed by atoms with Crippen LogP contribution in [0.3, 0.4) is 0 Å². The molecular formula is C22H36N6O2. The number of rotatable bonds is 9. The molecule has 1 aliphatic carbocycles. The van der Waals surface area contributed by atoms with Crippen molar-refractivity contribution in [2.24, 2.45) is 10.9 Å². The van der Waals surface area contributed by atoms with Crippen molar-refractivity contribution >= 4 is 11.9 Å². The lowest BCUT2D eigenvalue weighted by Gasteiger charge is -2.33. The second kappa shape index (κ2) is 11.2. The van der Waals surface area contributed by atoms with Gasteiger partial charge in [0.2, 0.25) is 11.8 Å². The SMILES string of the molecule is CCNC(=NCc1ccnc(OCC2CC2)c1)NC1CCN(CC(=O)N(C)C)CC1. The average molecular weight is 417 g/mol. The number of aromatic nitrogens is 1. The van der Waals surface area contributed by atoms with Crippen molar-refractivity contribution < 1.29 is 9.53 Å². The van der Waals surface area contributed by atoms with Gasteiger partial charge in [-0.05, 0) is 50.2 Å². The standard InChI is InChI=1S/C22H36N6O2/c1-4-23-22(26-19-8-11-28(12-9-19)15-21(29)27(2)3)25-14-18-7-10-24-20(13-18)30-16-17-5-6-17/h7,10,13,17,19H,4-6,8-9,11-12,14-16H2,1-3H3,(H2,23,25,26). The van der Waals surface area contributed by atoms with E-state index in [2.05, 4.69) is 27.4 Å². The number of pyridine rings is 1. The fourth-order valence-electron chi connectivity index (χ4n) is 3.37. The number of hydrogen-bond donors (Lipinski definition) is 2. The van der Waals surface area contributed by atoms with Crippen LogP contribution in [-0.4, -0.2) is 79.6 Å². The highest BCUT2D eigenvalue weighted by atomic mass is 16.5. The van der Waals surface area contributed by atoms with Crippen molar-refractivity contribution in [2.45, 2.75) is 45.2 Å². The fourth-order valence-corrected chi connectivity index (χ4v) is 3.37. The van der Waals surface area contributed by atoms with Gasteiger partial charge in [0, 0.05) is 52.0 Å². The molecule has 2 fully saturated rings. The van der Waals surface area contributed by atoms with E-state index < -0.39 is 0 Å². The smallest absolute Gasteiger partial charge is 0.236 e. The van der Waals surface area contributed by atoms with Gasteiger partial charge in [0.25, 0.3) is 0 Å². The van der Waals surface area contributed by atoms with Gasteiger partial charge in [-0.15, -0.1) is 0 Å². The van der Waals surface area contributed by atoms with Crippen molar-refractivity contribution in [2.75, 3.05) is 46.9 Å². The maximum Gasteiger partial charge on any atom is 0.236 e. The molecule has 0 aromatic carbocycles. The van der Waals surface area contributed by atoms with Crippen LogP contribution >= 0.6 is 0 Å². The summed E-state index contributed by atoms with van der Waals surface area (Å²) in [6, 6.07) is 4.33. The van der Waals surface area contributed by atoms with E-state index in [1.165, 1.54) is 12.8 Å². The van der Waals surface area contributed by atoms with Crippen LogP contribution in [0.25, 0.3) is 0 Å². The van der Waals surface area contributed by atoms with Crippen molar-refractivity contribution in [3.63, 3.8) is 0 Å². The van der Waals surface area contributed by atoms with E-state index in [0.29, 0.717) is 30.9 Å². The molecule has 1 aromatic heterocycles. The maximum absolute atomic E-state index is 11.9. The number of aliphatic imine (C=N–C) groups is 1. The van der Waals surface area contributed by atoms with Gasteiger partial charge >= 0.3 is 0 Å². The van der Waals surface area contributed by atoms with E-state index >= 15 is 0 Å². The number of likely N-dealkylation sites (tertiary alicyclic amines) is 1. The Labute approximate surface area is 180 Å². The Bertz CT molecular complexity index is 711. The van der Waals surface area contributed by atoms with Crippen LogP contribution < -0.4 is 15.4 Å². The Morgan fingerprint density at radius 2 is 2.07 bits per heavy atom. The lowest BCUT2D eigenvalue weighted by molar-refractivity contribution is -0.130. The molecule has 2 N–H and O–H groups in total. The molecule has 2 heterocycles. The first-order valence-electron chi connectivity index (χ1n) is 11.1. The Morgan fingerprint density at radius 3 is 2.73 bits per heavy atom. The zero-order valence-corrected chi connectivity index (χ0v) is 18.6. The topological polar surface area (TPSA) is 82.1 Å². The average Bonchev–Trinajstić information content (AvgIpc) is 3.57. The van der Waals surface area contributed by atoms with Crippen molar-refractivity contribution in [1.29, 1.82) is 0 Å². The van der Waals surface area contributed by atoms with Crippen LogP contribution in [0.5, 0.6) is 5.88 Å². The molecule has 8 nitrogen and oxygen atoms in total. The molecule has 30 heavy (non-hydrogen) atoms. The number of hydrogen-bond acceptors (Lipinski definition) is 5. The minimum Gasteiger partial charge on any atom is -0.477 e. The lowest BCUT2D eigenvalue weighted by Crippen LogP contribution is -2.50. The molecule has 2 aliphatic rings. The molecule has 0 radical (unpaired) electrons. The first kappa shape index (κ1) is 22.3. The summed E-state index contributed by atoms with van der Waals surface area (Å²) in [6.07, 6.45) is 6.33. The zero-order chi connectivity index (χ0) is 21.3. The molecule has 1 amide bonds. The van der Waals surface area contributed by atoms with Gasteiger partial charge in [-0.25, -0.2) is 9.98 Å². The van der Waals surface area contributed by atoms with Crippen molar-refractivity contribution in [3.05, 3.63) is 23.9 Å². The van der Waals surface area contributed by atoms with Gasteiger partial charge in [-0.1, -0.05) is 0 Å². The first-order valence-corrected chi connectivity index (χ1v) is 11.1. The number of amides is 1. The minimum absolute atomic E-state index is 0.161. The number of piperidine rings is 1. The lowest BCUT2D eigenvalue weighted by atomic mass is 10.1. The van der Waals surface area contributed by atoms with Gasteiger partial charge in [-0.3, -0.25) is 9.69 Å². The number of nitrogens with zero attached hydrogens (tertiary/aromatic N) is 4. The Kier molecular flexibility index (Phi) is 8.30. The van der Waals surface area contributed by atoms with Gasteiger partial charge in [-0.2, -0.15) is 0 Å². The minimum atomic E-state index is 0.161. The third-order valence-electron chi connectivity index (χ3n) is 5.51. The van der Waals surface area contributed by atoms with Gasteiger partial charge in [0.15, 0.2) is 5.96 Å². The predicted octanol–water partition coefficient (Wildman–Crippen LogP) is 1.48. The van der Waals surface area contributed by atoms with E-state index in [1.54, 1.807) is 25.2 Å². The van der Waals surface area contributed by atoms with Crippen molar-refractivity contribution in [1.82, 2.24) is 25.4 Å². The summed E-state index contributed by atoms with van der Waals surface area (Å²) in [4.78, 5) is 24.8. The number of guanidine groups is 1. The van der Waals surface area contributed by atoms with E-state index in [-0.39, 0.29) is 5.91 Å². The van der Waals surface area contributed by atoms with Gasteiger partial charge in [0.05, 0.1) is 19.7 Å². The molecule has 0 atom stereocenters.